The molecule has 6 heteroatoms. The fraction of sp³-hybridized carbons (Fsp3) is 0.100. The summed E-state index contributed by atoms with van der Waals surface area (Å²) in [5.41, 5.74) is 2.39. The molecule has 0 amide bonds. The number of hydrogen-bond donors (Lipinski definition) is 1. The lowest BCUT2D eigenvalue weighted by Gasteiger charge is -2.21. The van der Waals surface area contributed by atoms with Crippen molar-refractivity contribution < 1.29 is 18.0 Å². The maximum absolute atomic E-state index is 13.5. The van der Waals surface area contributed by atoms with E-state index in [1.165, 1.54) is 18.2 Å². The summed E-state index contributed by atoms with van der Waals surface area (Å²) in [6, 6.07) is 19.8. The minimum absolute atomic E-state index is 0.299. The Morgan fingerprint density at radius 2 is 1.31 bits per heavy atom. The number of anilines is 1. The molecule has 0 spiro atoms. The van der Waals surface area contributed by atoms with Crippen LogP contribution in [0.4, 0.5) is 10.1 Å². The van der Waals surface area contributed by atoms with Crippen LogP contribution >= 0.6 is 7.75 Å². The molecule has 0 fully saturated rings. The van der Waals surface area contributed by atoms with Gasteiger partial charge in [-0.25, -0.2) is 8.96 Å². The van der Waals surface area contributed by atoms with Gasteiger partial charge in [-0.2, -0.15) is 0 Å². The van der Waals surface area contributed by atoms with Crippen LogP contribution in [0.3, 0.4) is 0 Å². The molecule has 0 saturated carbocycles. The second-order valence-electron chi connectivity index (χ2n) is 5.93. The summed E-state index contributed by atoms with van der Waals surface area (Å²) < 4.78 is 38.1. The van der Waals surface area contributed by atoms with E-state index in [4.69, 9.17) is 9.05 Å². The van der Waals surface area contributed by atoms with Crippen LogP contribution in [0.15, 0.2) is 72.8 Å². The molecular formula is C20H19FNO3P. The van der Waals surface area contributed by atoms with Crippen LogP contribution in [-0.2, 0) is 4.57 Å². The average molecular weight is 371 g/mol. The molecular weight excluding hydrogens is 352 g/mol. The van der Waals surface area contributed by atoms with Crippen molar-refractivity contribution in [3.8, 4) is 11.5 Å². The highest BCUT2D eigenvalue weighted by atomic mass is 31.2. The highest BCUT2D eigenvalue weighted by molar-refractivity contribution is 7.56. The molecule has 26 heavy (non-hydrogen) atoms. The Hall–Kier alpha value is -2.78. The molecule has 0 aromatic heterocycles. The highest BCUT2D eigenvalue weighted by Crippen LogP contribution is 2.48. The Morgan fingerprint density at radius 1 is 0.808 bits per heavy atom. The molecule has 4 nitrogen and oxygen atoms in total. The minimum atomic E-state index is -3.85. The van der Waals surface area contributed by atoms with Gasteiger partial charge in [0, 0.05) is 5.69 Å². The van der Waals surface area contributed by atoms with Gasteiger partial charge in [-0.15, -0.1) is 0 Å². The summed E-state index contributed by atoms with van der Waals surface area (Å²) in [5.74, 6) is 0.317. The molecule has 0 aliphatic carbocycles. The molecule has 0 saturated heterocycles. The number of hydrogen-bond acceptors (Lipinski definition) is 3. The van der Waals surface area contributed by atoms with Crippen LogP contribution in [0.1, 0.15) is 11.1 Å². The van der Waals surface area contributed by atoms with E-state index in [-0.39, 0.29) is 0 Å². The fourth-order valence-corrected chi connectivity index (χ4v) is 3.64. The first-order valence-electron chi connectivity index (χ1n) is 8.08. The first kappa shape index (κ1) is 18.0. The second kappa shape index (κ2) is 7.63. The van der Waals surface area contributed by atoms with Crippen molar-refractivity contribution in [3.05, 3.63) is 89.7 Å². The molecule has 0 aliphatic rings. The van der Waals surface area contributed by atoms with Gasteiger partial charge in [-0.05, 0) is 56.3 Å². The van der Waals surface area contributed by atoms with E-state index < -0.39 is 13.6 Å². The normalized spacial score (nSPS) is 11.0. The summed E-state index contributed by atoms with van der Waals surface area (Å²) >= 11 is 0. The first-order valence-corrected chi connectivity index (χ1v) is 9.63. The molecule has 0 aliphatic heterocycles. The Kier molecular flexibility index (Phi) is 5.29. The van der Waals surface area contributed by atoms with Crippen molar-refractivity contribution >= 4 is 13.4 Å². The van der Waals surface area contributed by atoms with Crippen molar-refractivity contribution in [2.75, 3.05) is 5.09 Å². The molecule has 3 aromatic carbocycles. The molecule has 0 heterocycles. The summed E-state index contributed by atoms with van der Waals surface area (Å²) in [6.45, 7) is 3.88. The fourth-order valence-electron chi connectivity index (χ4n) is 2.26. The predicted molar refractivity (Wildman–Crippen MR) is 101 cm³/mol. The molecule has 3 rings (SSSR count). The first-order chi connectivity index (χ1) is 12.4. The molecule has 3 aromatic rings. The van der Waals surface area contributed by atoms with E-state index in [1.807, 2.05) is 38.1 Å². The van der Waals surface area contributed by atoms with Crippen molar-refractivity contribution in [1.82, 2.24) is 0 Å². The second-order valence-corrected chi connectivity index (χ2v) is 7.51. The van der Waals surface area contributed by atoms with Gasteiger partial charge in [0.25, 0.3) is 0 Å². The maximum Gasteiger partial charge on any atom is 0.541 e. The lowest BCUT2D eigenvalue weighted by molar-refractivity contribution is 0.392. The third-order valence-electron chi connectivity index (χ3n) is 3.58. The van der Waals surface area contributed by atoms with Crippen LogP contribution in [0.5, 0.6) is 11.5 Å². The van der Waals surface area contributed by atoms with Gasteiger partial charge in [-0.3, -0.25) is 5.09 Å². The van der Waals surface area contributed by atoms with Gasteiger partial charge in [0.1, 0.15) is 17.3 Å². The smallest absolute Gasteiger partial charge is 0.400 e. The van der Waals surface area contributed by atoms with E-state index in [2.05, 4.69) is 5.09 Å². The minimum Gasteiger partial charge on any atom is -0.400 e. The van der Waals surface area contributed by atoms with Crippen molar-refractivity contribution in [2.24, 2.45) is 0 Å². The molecule has 0 atom stereocenters. The average Bonchev–Trinajstić information content (AvgIpc) is 2.59. The predicted octanol–water partition coefficient (Wildman–Crippen LogP) is 6.12. The standard InChI is InChI=1S/C20H19FNO3P/c1-15-6-10-19(11-7-15)24-26(23,22-18-5-3-4-17(21)14-18)25-20-12-8-16(2)9-13-20/h3-14H,1-2H3,(H,22,23). The van der Waals surface area contributed by atoms with E-state index in [0.717, 1.165) is 11.1 Å². The van der Waals surface area contributed by atoms with E-state index in [9.17, 15) is 8.96 Å². The Balaban J connectivity index is 1.89. The van der Waals surface area contributed by atoms with Gasteiger partial charge in [0.2, 0.25) is 0 Å². The van der Waals surface area contributed by atoms with Gasteiger partial charge in [0.15, 0.2) is 0 Å². The van der Waals surface area contributed by atoms with E-state index >= 15 is 0 Å². The topological polar surface area (TPSA) is 47.6 Å². The summed E-state index contributed by atoms with van der Waals surface area (Å²) in [7, 11) is -3.85. The van der Waals surface area contributed by atoms with Crippen LogP contribution in [0.2, 0.25) is 0 Å². The van der Waals surface area contributed by atoms with Gasteiger partial charge < -0.3 is 9.05 Å². The van der Waals surface area contributed by atoms with Crippen molar-refractivity contribution in [2.45, 2.75) is 13.8 Å². The third-order valence-corrected chi connectivity index (χ3v) is 5.02. The number of rotatable bonds is 6. The van der Waals surface area contributed by atoms with Gasteiger partial charge >= 0.3 is 7.75 Å². The lowest BCUT2D eigenvalue weighted by atomic mass is 10.2. The largest absolute Gasteiger partial charge is 0.541 e. The zero-order chi connectivity index (χ0) is 18.6. The van der Waals surface area contributed by atoms with Crippen molar-refractivity contribution in [3.63, 3.8) is 0 Å². The van der Waals surface area contributed by atoms with Crippen LogP contribution < -0.4 is 14.1 Å². The third kappa shape index (κ3) is 4.87. The number of halogens is 1. The Morgan fingerprint density at radius 3 is 1.77 bits per heavy atom. The number of benzene rings is 3. The van der Waals surface area contributed by atoms with Gasteiger partial charge in [-0.1, -0.05) is 41.5 Å². The molecule has 0 radical (unpaired) electrons. The maximum atomic E-state index is 13.5. The van der Waals surface area contributed by atoms with Crippen LogP contribution in [0, 0.1) is 19.7 Å². The van der Waals surface area contributed by atoms with Crippen LogP contribution in [0.25, 0.3) is 0 Å². The zero-order valence-corrected chi connectivity index (χ0v) is 15.4. The number of aryl methyl sites for hydroxylation is 2. The Bertz CT molecular complexity index is 875. The molecule has 1 N–H and O–H groups in total. The molecule has 0 unspecified atom stereocenters. The highest BCUT2D eigenvalue weighted by Gasteiger charge is 2.29. The SMILES string of the molecule is Cc1ccc(OP(=O)(Nc2cccc(F)c2)Oc2ccc(C)cc2)cc1. The van der Waals surface area contributed by atoms with Crippen molar-refractivity contribution in [1.29, 1.82) is 0 Å². The summed E-state index contributed by atoms with van der Waals surface area (Å²) in [5, 5.41) is 2.69. The quantitative estimate of drug-likeness (QED) is 0.530. The number of nitrogens with one attached hydrogen (secondary N) is 1. The van der Waals surface area contributed by atoms with E-state index in [0.29, 0.717) is 17.2 Å². The molecule has 0 bridgehead atoms. The zero-order valence-electron chi connectivity index (χ0n) is 14.5. The monoisotopic (exact) mass is 371 g/mol. The van der Waals surface area contributed by atoms with Gasteiger partial charge in [0.05, 0.1) is 0 Å². The van der Waals surface area contributed by atoms with Crippen LogP contribution in [-0.4, -0.2) is 0 Å². The lowest BCUT2D eigenvalue weighted by Crippen LogP contribution is -2.10. The summed E-state index contributed by atoms with van der Waals surface area (Å²) in [4.78, 5) is 0. The molecule has 134 valence electrons. The Labute approximate surface area is 152 Å². The summed E-state index contributed by atoms with van der Waals surface area (Å²) in [6.07, 6.45) is 0. The van der Waals surface area contributed by atoms with E-state index in [1.54, 1.807) is 30.3 Å².